The van der Waals surface area contributed by atoms with Crippen molar-refractivity contribution in [3.05, 3.63) is 46.8 Å². The highest BCUT2D eigenvalue weighted by atomic mass is 32.2. The monoisotopic (exact) mass is 382 g/mol. The van der Waals surface area contributed by atoms with Crippen molar-refractivity contribution in [2.75, 3.05) is 20.3 Å². The van der Waals surface area contributed by atoms with Crippen LogP contribution in [0.1, 0.15) is 28.8 Å². The van der Waals surface area contributed by atoms with E-state index in [4.69, 9.17) is 14.5 Å². The number of pyridine rings is 1. The minimum atomic E-state index is 0.642. The molecule has 1 aromatic carbocycles. The second kappa shape index (κ2) is 8.10. The summed E-state index contributed by atoms with van der Waals surface area (Å²) in [7, 11) is 1.70. The number of benzene rings is 1. The molecule has 27 heavy (non-hydrogen) atoms. The van der Waals surface area contributed by atoms with Crippen LogP contribution in [0.3, 0.4) is 0 Å². The summed E-state index contributed by atoms with van der Waals surface area (Å²) in [6.45, 7) is 4.15. The standard InChI is InChI=1S/C20H22N4O2S/c1-13-18(22-5-4-19(13)26-7-3-6-25-2)12-27-20-23-16-8-14-10-21-11-15(14)9-17(16)24-20/h4-5,8-10H,3,6-7,11-12H2,1-2H3,(H,23,24). The Kier molecular flexibility index (Phi) is 5.40. The fourth-order valence-corrected chi connectivity index (χ4v) is 3.95. The molecule has 0 saturated heterocycles. The SMILES string of the molecule is COCCCOc1ccnc(CSc2nc3cc4c(cc3[nH]2)C=NC4)c1C. The van der Waals surface area contributed by atoms with Gasteiger partial charge in [0, 0.05) is 43.9 Å². The fourth-order valence-electron chi connectivity index (χ4n) is 3.04. The molecule has 0 aliphatic carbocycles. The molecule has 0 spiro atoms. The minimum Gasteiger partial charge on any atom is -0.493 e. The molecule has 3 aromatic rings. The molecule has 3 heterocycles. The van der Waals surface area contributed by atoms with Gasteiger partial charge < -0.3 is 14.5 Å². The van der Waals surface area contributed by atoms with Crippen molar-refractivity contribution in [3.8, 4) is 5.75 Å². The van der Waals surface area contributed by atoms with Crippen molar-refractivity contribution >= 4 is 29.0 Å². The topological polar surface area (TPSA) is 72.4 Å². The lowest BCUT2D eigenvalue weighted by molar-refractivity contribution is 0.172. The summed E-state index contributed by atoms with van der Waals surface area (Å²) < 4.78 is 10.9. The number of nitrogens with one attached hydrogen (secondary N) is 1. The van der Waals surface area contributed by atoms with E-state index in [0.717, 1.165) is 51.9 Å². The van der Waals surface area contributed by atoms with E-state index in [2.05, 4.69) is 34.0 Å². The maximum absolute atomic E-state index is 5.86. The number of hydrogen-bond donors (Lipinski definition) is 1. The average Bonchev–Trinajstić information content (AvgIpc) is 3.28. The van der Waals surface area contributed by atoms with Crippen LogP contribution in [-0.2, 0) is 17.0 Å². The van der Waals surface area contributed by atoms with E-state index in [9.17, 15) is 0 Å². The zero-order chi connectivity index (χ0) is 18.6. The Morgan fingerprint density at radius 1 is 1.26 bits per heavy atom. The molecule has 0 bridgehead atoms. The molecule has 2 aromatic heterocycles. The van der Waals surface area contributed by atoms with Crippen LogP contribution in [0.2, 0.25) is 0 Å². The normalized spacial score (nSPS) is 12.7. The predicted molar refractivity (Wildman–Crippen MR) is 108 cm³/mol. The molecule has 0 atom stereocenters. The number of thioether (sulfide) groups is 1. The summed E-state index contributed by atoms with van der Waals surface area (Å²) in [5.41, 5.74) is 6.54. The predicted octanol–water partition coefficient (Wildman–Crippen LogP) is 3.91. The molecule has 1 aliphatic rings. The lowest BCUT2D eigenvalue weighted by Crippen LogP contribution is -2.04. The van der Waals surface area contributed by atoms with Crippen molar-refractivity contribution in [1.29, 1.82) is 0 Å². The molecule has 0 saturated carbocycles. The molecule has 0 radical (unpaired) electrons. The van der Waals surface area contributed by atoms with Crippen molar-refractivity contribution < 1.29 is 9.47 Å². The van der Waals surface area contributed by atoms with E-state index in [1.54, 1.807) is 25.1 Å². The second-order valence-electron chi connectivity index (χ2n) is 6.44. The number of nitrogens with zero attached hydrogens (tertiary/aromatic N) is 3. The fraction of sp³-hybridized carbons (Fsp3) is 0.350. The molecule has 1 aliphatic heterocycles. The van der Waals surface area contributed by atoms with Gasteiger partial charge in [0.25, 0.3) is 0 Å². The Hall–Kier alpha value is -2.38. The Morgan fingerprint density at radius 2 is 2.19 bits per heavy atom. The van der Waals surface area contributed by atoms with E-state index < -0.39 is 0 Å². The first-order chi connectivity index (χ1) is 13.2. The van der Waals surface area contributed by atoms with Crippen LogP contribution in [0.5, 0.6) is 5.75 Å². The lowest BCUT2D eigenvalue weighted by atomic mass is 10.1. The maximum atomic E-state index is 5.86. The van der Waals surface area contributed by atoms with Gasteiger partial charge in [0.15, 0.2) is 5.16 Å². The number of methoxy groups -OCH3 is 1. The molecular formula is C20H22N4O2S. The molecule has 6 nitrogen and oxygen atoms in total. The third kappa shape index (κ3) is 3.99. The van der Waals surface area contributed by atoms with E-state index in [1.165, 1.54) is 11.1 Å². The van der Waals surface area contributed by atoms with Crippen LogP contribution in [0.15, 0.2) is 34.5 Å². The second-order valence-corrected chi connectivity index (χ2v) is 7.41. The first-order valence-electron chi connectivity index (χ1n) is 8.96. The number of rotatable bonds is 8. The lowest BCUT2D eigenvalue weighted by Gasteiger charge is -2.11. The number of imidazole rings is 1. The van der Waals surface area contributed by atoms with Gasteiger partial charge in [0.2, 0.25) is 0 Å². The molecule has 0 fully saturated rings. The van der Waals surface area contributed by atoms with Gasteiger partial charge in [-0.3, -0.25) is 9.98 Å². The average molecular weight is 382 g/mol. The van der Waals surface area contributed by atoms with Crippen molar-refractivity contribution in [2.24, 2.45) is 4.99 Å². The summed E-state index contributed by atoms with van der Waals surface area (Å²) in [6.07, 6.45) is 4.60. The third-order valence-electron chi connectivity index (χ3n) is 4.57. The number of aromatic amines is 1. The first-order valence-corrected chi connectivity index (χ1v) is 9.94. The number of hydrogen-bond acceptors (Lipinski definition) is 6. The highest BCUT2D eigenvalue weighted by Crippen LogP contribution is 2.28. The molecule has 7 heteroatoms. The Balaban J connectivity index is 1.44. The van der Waals surface area contributed by atoms with E-state index >= 15 is 0 Å². The largest absolute Gasteiger partial charge is 0.493 e. The third-order valence-corrected chi connectivity index (χ3v) is 5.45. The number of aliphatic imine (C=N–C) groups is 1. The van der Waals surface area contributed by atoms with Crippen LogP contribution in [0, 0.1) is 6.92 Å². The highest BCUT2D eigenvalue weighted by Gasteiger charge is 2.12. The van der Waals surface area contributed by atoms with Gasteiger partial charge in [-0.25, -0.2) is 4.98 Å². The van der Waals surface area contributed by atoms with Gasteiger partial charge in [0.05, 0.1) is 29.9 Å². The van der Waals surface area contributed by atoms with E-state index in [1.807, 2.05) is 12.3 Å². The van der Waals surface area contributed by atoms with Gasteiger partial charge in [-0.05, 0) is 36.2 Å². The smallest absolute Gasteiger partial charge is 0.166 e. The Bertz CT molecular complexity index is 984. The number of fused-ring (bicyclic) bond motifs is 2. The van der Waals surface area contributed by atoms with Crippen LogP contribution in [0.25, 0.3) is 11.0 Å². The molecule has 4 rings (SSSR count). The zero-order valence-electron chi connectivity index (χ0n) is 15.5. The van der Waals surface area contributed by atoms with Gasteiger partial charge in [-0.15, -0.1) is 0 Å². The van der Waals surface area contributed by atoms with Crippen LogP contribution < -0.4 is 4.74 Å². The summed E-state index contributed by atoms with van der Waals surface area (Å²) in [5, 5.41) is 0.901. The Morgan fingerprint density at radius 3 is 3.07 bits per heavy atom. The minimum absolute atomic E-state index is 0.642. The highest BCUT2D eigenvalue weighted by molar-refractivity contribution is 7.98. The molecule has 0 unspecified atom stereocenters. The summed E-state index contributed by atoms with van der Waals surface area (Å²) >= 11 is 1.65. The summed E-state index contributed by atoms with van der Waals surface area (Å²) in [6, 6.07) is 6.16. The van der Waals surface area contributed by atoms with Gasteiger partial charge in [-0.2, -0.15) is 0 Å². The summed E-state index contributed by atoms with van der Waals surface area (Å²) in [5.74, 6) is 1.62. The zero-order valence-corrected chi connectivity index (χ0v) is 16.3. The number of aromatic nitrogens is 3. The summed E-state index contributed by atoms with van der Waals surface area (Å²) in [4.78, 5) is 16.9. The molecule has 140 valence electrons. The maximum Gasteiger partial charge on any atom is 0.166 e. The van der Waals surface area contributed by atoms with Crippen LogP contribution in [0.4, 0.5) is 0 Å². The molecular weight excluding hydrogens is 360 g/mol. The quantitative estimate of drug-likeness (QED) is 0.472. The van der Waals surface area contributed by atoms with E-state index in [0.29, 0.717) is 13.2 Å². The van der Waals surface area contributed by atoms with Crippen molar-refractivity contribution in [1.82, 2.24) is 15.0 Å². The Labute approximate surface area is 162 Å². The number of ether oxygens (including phenoxy) is 2. The van der Waals surface area contributed by atoms with Crippen LogP contribution in [-0.4, -0.2) is 41.5 Å². The molecule has 1 N–H and O–H groups in total. The van der Waals surface area contributed by atoms with Gasteiger partial charge in [0.1, 0.15) is 5.75 Å². The van der Waals surface area contributed by atoms with Gasteiger partial charge in [-0.1, -0.05) is 11.8 Å². The van der Waals surface area contributed by atoms with Crippen molar-refractivity contribution in [3.63, 3.8) is 0 Å². The van der Waals surface area contributed by atoms with Crippen molar-refractivity contribution in [2.45, 2.75) is 30.8 Å². The number of H-pyrrole nitrogens is 1. The van der Waals surface area contributed by atoms with E-state index in [-0.39, 0.29) is 0 Å². The first kappa shape index (κ1) is 18.0. The van der Waals surface area contributed by atoms with Gasteiger partial charge >= 0.3 is 0 Å². The van der Waals surface area contributed by atoms with Crippen LogP contribution >= 0.6 is 11.8 Å². The molecule has 0 amide bonds.